The third-order valence-electron chi connectivity index (χ3n) is 12.6. The van der Waals surface area contributed by atoms with Gasteiger partial charge in [0.1, 0.15) is 49.0 Å². The Morgan fingerprint density at radius 2 is 1.07 bits per heavy atom. The topological polar surface area (TPSA) is 282 Å². The molecule has 0 radical (unpaired) electrons. The first-order valence-electron chi connectivity index (χ1n) is 19.3. The summed E-state index contributed by atoms with van der Waals surface area (Å²) in [5, 5.41) is 78.9. The fraction of sp³-hybridized carbons (Fsp3) is 0.538. The molecule has 1 amide bonds. The predicted octanol–water partition coefficient (Wildman–Crippen LogP) is -1.14. The third kappa shape index (κ3) is 6.74. The average molecular weight is 805 g/mol. The fourth-order valence-corrected chi connectivity index (χ4v) is 9.70. The van der Waals surface area contributed by atoms with E-state index in [1.165, 1.54) is 16.0 Å². The van der Waals surface area contributed by atoms with Gasteiger partial charge in [-0.3, -0.25) is 24.8 Å². The molecule has 4 saturated heterocycles. The Hall–Kier alpha value is -4.54. The normalized spacial score (nSPS) is 36.5. The van der Waals surface area contributed by atoms with Crippen LogP contribution in [-0.2, 0) is 19.0 Å². The highest BCUT2D eigenvalue weighted by atomic mass is 16.7. The van der Waals surface area contributed by atoms with Crippen molar-refractivity contribution in [3.63, 3.8) is 0 Å². The Labute approximate surface area is 330 Å². The number of nitrogens with zero attached hydrogens (tertiary/aromatic N) is 6. The SMILES string of the molecule is O=C(O)C1OC(OC(=O)N2CC3CC(C2)c2cc4nccnc4cc23)C(O)C(O)C1O.OCC1OC(N2CC3CC(C2)c2cc4nccnc4cc23)C(O)C(O)C1O. The lowest BCUT2D eigenvalue weighted by atomic mass is 9.92. The number of hydrogen-bond donors (Lipinski definition) is 8. The summed E-state index contributed by atoms with van der Waals surface area (Å²) in [6.45, 7) is 1.70. The Morgan fingerprint density at radius 1 is 0.621 bits per heavy atom. The Morgan fingerprint density at radius 3 is 1.52 bits per heavy atom. The van der Waals surface area contributed by atoms with Gasteiger partial charge in [0.15, 0.2) is 6.10 Å². The van der Waals surface area contributed by atoms with Crippen molar-refractivity contribution in [3.8, 4) is 0 Å². The molecule has 6 heterocycles. The van der Waals surface area contributed by atoms with E-state index in [0.29, 0.717) is 26.2 Å². The van der Waals surface area contributed by atoms with E-state index in [1.807, 2.05) is 17.0 Å². The van der Waals surface area contributed by atoms with E-state index in [9.17, 15) is 45.3 Å². The zero-order chi connectivity index (χ0) is 40.6. The first-order valence-corrected chi connectivity index (χ1v) is 19.3. The van der Waals surface area contributed by atoms with Crippen LogP contribution in [0.25, 0.3) is 22.1 Å². The van der Waals surface area contributed by atoms with Gasteiger partial charge >= 0.3 is 12.1 Å². The zero-order valence-electron chi connectivity index (χ0n) is 31.0. The maximum Gasteiger partial charge on any atom is 0.412 e. The maximum absolute atomic E-state index is 12.8. The van der Waals surface area contributed by atoms with Gasteiger partial charge in [0, 0.05) is 62.8 Å². The lowest BCUT2D eigenvalue weighted by Crippen LogP contribution is -2.64. The number of hydrogen-bond acceptors (Lipinski definition) is 17. The van der Waals surface area contributed by atoms with Crippen molar-refractivity contribution < 1.29 is 64.7 Å². The summed E-state index contributed by atoms with van der Waals surface area (Å²) in [5.74, 6) is -0.788. The van der Waals surface area contributed by atoms with Crippen LogP contribution in [0.2, 0.25) is 0 Å². The van der Waals surface area contributed by atoms with Gasteiger partial charge in [-0.05, 0) is 71.2 Å². The first kappa shape index (κ1) is 38.9. The van der Waals surface area contributed by atoms with E-state index in [-0.39, 0.29) is 23.7 Å². The molecule has 58 heavy (non-hydrogen) atoms. The van der Waals surface area contributed by atoms with Crippen molar-refractivity contribution in [1.29, 1.82) is 0 Å². The fourth-order valence-electron chi connectivity index (χ4n) is 9.70. The predicted molar refractivity (Wildman–Crippen MR) is 197 cm³/mol. The molecule has 4 bridgehead atoms. The van der Waals surface area contributed by atoms with E-state index in [1.54, 1.807) is 24.8 Å². The number of benzene rings is 2. The zero-order valence-corrected chi connectivity index (χ0v) is 31.0. The molecule has 19 heteroatoms. The summed E-state index contributed by atoms with van der Waals surface area (Å²) in [6, 6.07) is 8.22. The largest absolute Gasteiger partial charge is 0.479 e. The van der Waals surface area contributed by atoms with Crippen LogP contribution >= 0.6 is 0 Å². The number of likely N-dealkylation sites (tertiary alicyclic amines) is 2. The number of amides is 1. The average Bonchev–Trinajstić information content (AvgIpc) is 3.63. The summed E-state index contributed by atoms with van der Waals surface area (Å²) in [6.07, 6.45) is -6.80. The van der Waals surface area contributed by atoms with Gasteiger partial charge in [-0.1, -0.05) is 0 Å². The molecular weight excluding hydrogens is 760 g/mol. The van der Waals surface area contributed by atoms with Crippen LogP contribution in [0.4, 0.5) is 4.79 Å². The van der Waals surface area contributed by atoms with Crippen molar-refractivity contribution in [3.05, 3.63) is 71.3 Å². The minimum Gasteiger partial charge on any atom is -0.479 e. The van der Waals surface area contributed by atoms with Gasteiger partial charge in [-0.15, -0.1) is 0 Å². The van der Waals surface area contributed by atoms with Gasteiger partial charge in [-0.25, -0.2) is 9.59 Å². The van der Waals surface area contributed by atoms with Crippen LogP contribution in [0.3, 0.4) is 0 Å². The Balaban J connectivity index is 0.000000152. The number of rotatable bonds is 4. The van der Waals surface area contributed by atoms with Gasteiger partial charge in [0.2, 0.25) is 6.29 Å². The minimum atomic E-state index is -1.85. The van der Waals surface area contributed by atoms with Crippen LogP contribution in [0, 0.1) is 0 Å². The van der Waals surface area contributed by atoms with Crippen molar-refractivity contribution in [2.75, 3.05) is 32.8 Å². The molecule has 4 aromatic rings. The second-order valence-electron chi connectivity index (χ2n) is 16.0. The number of aromatic nitrogens is 4. The van der Waals surface area contributed by atoms with Crippen molar-refractivity contribution in [1.82, 2.24) is 29.7 Å². The highest BCUT2D eigenvalue weighted by Gasteiger charge is 2.51. The molecule has 10 rings (SSSR count). The molecule has 19 nitrogen and oxygen atoms in total. The number of aliphatic hydroxyl groups excluding tert-OH is 7. The number of ether oxygens (including phenoxy) is 3. The molecule has 308 valence electrons. The quantitative estimate of drug-likeness (QED) is 0.121. The van der Waals surface area contributed by atoms with Crippen molar-refractivity contribution >= 4 is 34.1 Å². The monoisotopic (exact) mass is 804 g/mol. The van der Waals surface area contributed by atoms with Crippen LogP contribution in [0.5, 0.6) is 0 Å². The molecule has 0 saturated carbocycles. The smallest absolute Gasteiger partial charge is 0.412 e. The Bertz CT molecular complexity index is 2120. The van der Waals surface area contributed by atoms with Gasteiger partial charge < -0.3 is 60.0 Å². The summed E-state index contributed by atoms with van der Waals surface area (Å²) in [7, 11) is 0. The molecule has 2 aromatic heterocycles. The van der Waals surface area contributed by atoms with Gasteiger partial charge in [0.05, 0.1) is 28.7 Å². The van der Waals surface area contributed by atoms with Crippen LogP contribution in [0.1, 0.15) is 58.8 Å². The molecule has 6 aliphatic rings. The molecule has 2 aromatic carbocycles. The van der Waals surface area contributed by atoms with E-state index in [4.69, 9.17) is 19.3 Å². The van der Waals surface area contributed by atoms with E-state index < -0.39 is 80.0 Å². The highest BCUT2D eigenvalue weighted by Crippen LogP contribution is 2.49. The standard InChI is InChI=1S/C20H21N3O8.C19H23N3O5/c24-14-15(25)17(18(27)28)30-19(16(14)26)31-20(29)23-6-8-3-9(7-23)11-5-13-12(4-10(8)11)21-1-2-22-13;23-8-15-16(24)17(25)18(26)19(27-15)22-6-9-3-10(7-22)12-5-14-13(4-11(9)12)20-1-2-21-14/h1-2,4-5,8-9,14-17,19,24-26H,3,6-7H2,(H,27,28);1-2,4-5,9-10,15-19,23-26H,3,6-8H2. The number of fused-ring (bicyclic) bond motifs is 12. The second kappa shape index (κ2) is 15.2. The molecule has 0 spiro atoms. The summed E-state index contributed by atoms with van der Waals surface area (Å²) in [5.41, 5.74) is 8.09. The van der Waals surface area contributed by atoms with Crippen molar-refractivity contribution in [2.45, 2.75) is 97.9 Å². The molecular formula is C39H44N6O13. The first-order chi connectivity index (χ1) is 27.9. The molecule has 2 aliphatic carbocycles. The van der Waals surface area contributed by atoms with E-state index >= 15 is 0 Å². The van der Waals surface area contributed by atoms with Gasteiger partial charge in [0.25, 0.3) is 0 Å². The lowest BCUT2D eigenvalue weighted by Gasteiger charge is -2.46. The number of piperidine rings is 2. The molecule has 4 aliphatic heterocycles. The second-order valence-corrected chi connectivity index (χ2v) is 16.0. The maximum atomic E-state index is 12.8. The minimum absolute atomic E-state index is 0.0871. The number of carbonyl (C=O) groups is 2. The lowest BCUT2D eigenvalue weighted by molar-refractivity contribution is -0.280. The Kier molecular flexibility index (Phi) is 10.2. The highest BCUT2D eigenvalue weighted by molar-refractivity contribution is 5.78. The number of carboxylic acid groups (broad SMARTS) is 1. The van der Waals surface area contributed by atoms with Crippen LogP contribution in [-0.4, -0.2) is 177 Å². The number of carboxylic acids is 1. The molecule has 14 unspecified atom stereocenters. The number of carbonyl (C=O) groups excluding carboxylic acids is 1. The number of aliphatic hydroxyl groups is 7. The molecule has 8 N–H and O–H groups in total. The number of aliphatic carboxylic acids is 1. The third-order valence-corrected chi connectivity index (χ3v) is 12.6. The van der Waals surface area contributed by atoms with Crippen LogP contribution < -0.4 is 0 Å². The van der Waals surface area contributed by atoms with Crippen LogP contribution in [0.15, 0.2) is 49.1 Å². The summed E-state index contributed by atoms with van der Waals surface area (Å²) in [4.78, 5) is 45.0. The summed E-state index contributed by atoms with van der Waals surface area (Å²) < 4.78 is 16.0. The van der Waals surface area contributed by atoms with E-state index in [2.05, 4.69) is 32.1 Å². The van der Waals surface area contributed by atoms with Gasteiger partial charge in [-0.2, -0.15) is 0 Å². The summed E-state index contributed by atoms with van der Waals surface area (Å²) >= 11 is 0. The molecule has 14 atom stereocenters. The van der Waals surface area contributed by atoms with Crippen molar-refractivity contribution in [2.24, 2.45) is 0 Å². The van der Waals surface area contributed by atoms with E-state index in [0.717, 1.165) is 46.0 Å². The molecule has 4 fully saturated rings.